The molecule has 0 spiro atoms. The molecular formula is C16H19F2N3O. The van der Waals surface area contributed by atoms with Gasteiger partial charge in [0.25, 0.3) is 0 Å². The normalized spacial score (nSPS) is 20.5. The maximum atomic E-state index is 13.8. The maximum absolute atomic E-state index is 13.8. The van der Waals surface area contributed by atoms with Crippen molar-refractivity contribution < 1.29 is 13.9 Å². The minimum atomic E-state index is -0.974. The van der Waals surface area contributed by atoms with Crippen LogP contribution in [0, 0.1) is 11.6 Å². The van der Waals surface area contributed by atoms with Gasteiger partial charge in [-0.25, -0.2) is 8.78 Å². The third-order valence-corrected chi connectivity index (χ3v) is 4.20. The van der Waals surface area contributed by atoms with Gasteiger partial charge in [-0.1, -0.05) is 6.07 Å². The summed E-state index contributed by atoms with van der Waals surface area (Å²) >= 11 is 0. The summed E-state index contributed by atoms with van der Waals surface area (Å²) in [5.74, 6) is -1.34. The fourth-order valence-corrected chi connectivity index (χ4v) is 3.13. The number of nitrogens with zero attached hydrogens (tertiary/aromatic N) is 3. The second kappa shape index (κ2) is 6.14. The molecule has 1 fully saturated rings. The van der Waals surface area contributed by atoms with Crippen LogP contribution in [0.15, 0.2) is 30.6 Å². The van der Waals surface area contributed by atoms with E-state index in [0.717, 1.165) is 31.0 Å². The van der Waals surface area contributed by atoms with Crippen molar-refractivity contribution in [3.05, 3.63) is 53.4 Å². The molecule has 0 amide bonds. The Hall–Kier alpha value is -1.79. The van der Waals surface area contributed by atoms with Gasteiger partial charge in [-0.15, -0.1) is 0 Å². The second-order valence-corrected chi connectivity index (χ2v) is 5.78. The van der Waals surface area contributed by atoms with Crippen LogP contribution in [0.1, 0.15) is 36.1 Å². The van der Waals surface area contributed by atoms with Gasteiger partial charge in [0.05, 0.1) is 12.3 Å². The van der Waals surface area contributed by atoms with Crippen LogP contribution in [0.4, 0.5) is 8.78 Å². The summed E-state index contributed by atoms with van der Waals surface area (Å²) in [6.45, 7) is 1.17. The van der Waals surface area contributed by atoms with Crippen molar-refractivity contribution in [2.75, 3.05) is 13.1 Å². The Kier molecular flexibility index (Phi) is 4.22. The van der Waals surface area contributed by atoms with Crippen molar-refractivity contribution in [2.24, 2.45) is 7.05 Å². The molecule has 2 aromatic rings. The van der Waals surface area contributed by atoms with E-state index >= 15 is 0 Å². The summed E-state index contributed by atoms with van der Waals surface area (Å²) in [5.41, 5.74) is 1.24. The zero-order valence-corrected chi connectivity index (χ0v) is 12.4. The van der Waals surface area contributed by atoms with Gasteiger partial charge >= 0.3 is 0 Å². The summed E-state index contributed by atoms with van der Waals surface area (Å²) in [7, 11) is 1.87. The lowest BCUT2D eigenvalue weighted by molar-refractivity contribution is 0.103. The molecule has 22 heavy (non-hydrogen) atoms. The molecule has 0 aliphatic carbocycles. The van der Waals surface area contributed by atoms with E-state index in [9.17, 15) is 13.9 Å². The molecule has 118 valence electrons. The molecule has 0 radical (unpaired) electrons. The predicted octanol–water partition coefficient (Wildman–Crippen LogP) is 2.57. The SMILES string of the molecule is Cn1cc([C@@H]2CCCN2C[C@H](O)c2ccc(F)cc2F)cn1. The maximum Gasteiger partial charge on any atom is 0.131 e. The molecule has 1 aromatic carbocycles. The van der Waals surface area contributed by atoms with Crippen LogP contribution in [0.3, 0.4) is 0 Å². The summed E-state index contributed by atoms with van der Waals surface area (Å²) < 4.78 is 28.5. The van der Waals surface area contributed by atoms with E-state index in [1.165, 1.54) is 12.1 Å². The Balaban J connectivity index is 1.73. The molecule has 2 heterocycles. The summed E-state index contributed by atoms with van der Waals surface area (Å²) in [6, 6.07) is 3.47. The number of β-amino-alcohol motifs (C(OH)–C–C–N with tert-alkyl or cyclic N) is 1. The number of aliphatic hydroxyl groups is 1. The number of aromatic nitrogens is 2. The minimum Gasteiger partial charge on any atom is -0.387 e. The number of aryl methyl sites for hydroxylation is 1. The van der Waals surface area contributed by atoms with Crippen LogP contribution in [0.2, 0.25) is 0 Å². The Morgan fingerprint density at radius 1 is 1.41 bits per heavy atom. The Morgan fingerprint density at radius 2 is 2.23 bits per heavy atom. The topological polar surface area (TPSA) is 41.3 Å². The number of hydrogen-bond acceptors (Lipinski definition) is 3. The summed E-state index contributed by atoms with van der Waals surface area (Å²) in [6.07, 6.45) is 4.84. The molecule has 0 bridgehead atoms. The van der Waals surface area contributed by atoms with Crippen LogP contribution < -0.4 is 0 Å². The average Bonchev–Trinajstić information content (AvgIpc) is 3.07. The van der Waals surface area contributed by atoms with Gasteiger partial charge in [-0.05, 0) is 25.5 Å². The van der Waals surface area contributed by atoms with E-state index in [1.807, 2.05) is 19.4 Å². The number of aliphatic hydroxyl groups excluding tert-OH is 1. The van der Waals surface area contributed by atoms with Crippen molar-refractivity contribution in [3.63, 3.8) is 0 Å². The molecule has 3 rings (SSSR count). The lowest BCUT2D eigenvalue weighted by atomic mass is 10.1. The van der Waals surface area contributed by atoms with Gasteiger partial charge in [0, 0.05) is 43.0 Å². The van der Waals surface area contributed by atoms with Gasteiger partial charge in [0.2, 0.25) is 0 Å². The highest BCUT2D eigenvalue weighted by atomic mass is 19.1. The Morgan fingerprint density at radius 3 is 2.91 bits per heavy atom. The number of benzene rings is 1. The van der Waals surface area contributed by atoms with Crippen LogP contribution in [0.25, 0.3) is 0 Å². The molecule has 6 heteroatoms. The monoisotopic (exact) mass is 307 g/mol. The second-order valence-electron chi connectivity index (χ2n) is 5.78. The molecule has 1 aromatic heterocycles. The van der Waals surface area contributed by atoms with E-state index < -0.39 is 17.7 Å². The highest BCUT2D eigenvalue weighted by Gasteiger charge is 2.29. The van der Waals surface area contributed by atoms with Crippen LogP contribution in [-0.2, 0) is 7.05 Å². The lowest BCUT2D eigenvalue weighted by Crippen LogP contribution is -2.28. The first-order valence-electron chi connectivity index (χ1n) is 7.40. The van der Waals surface area contributed by atoms with E-state index in [-0.39, 0.29) is 11.6 Å². The molecule has 4 nitrogen and oxygen atoms in total. The first-order valence-corrected chi connectivity index (χ1v) is 7.40. The zero-order chi connectivity index (χ0) is 15.7. The number of hydrogen-bond donors (Lipinski definition) is 1. The summed E-state index contributed by atoms with van der Waals surface area (Å²) in [5, 5.41) is 14.5. The standard InChI is InChI=1S/C16H19F2N3O/c1-20-9-11(8-19-20)15-3-2-6-21(15)10-16(22)13-5-4-12(17)7-14(13)18/h4-5,7-9,15-16,22H,2-3,6,10H2,1H3/t15-,16-/m0/s1. The lowest BCUT2D eigenvalue weighted by Gasteiger charge is -2.26. The van der Waals surface area contributed by atoms with Gasteiger partial charge in [0.1, 0.15) is 11.6 Å². The van der Waals surface area contributed by atoms with Gasteiger partial charge < -0.3 is 5.11 Å². The van der Waals surface area contributed by atoms with Gasteiger partial charge in [0.15, 0.2) is 0 Å². The Bertz CT molecular complexity index is 659. The predicted molar refractivity (Wildman–Crippen MR) is 78.1 cm³/mol. The van der Waals surface area contributed by atoms with Crippen LogP contribution in [0.5, 0.6) is 0 Å². The molecule has 2 atom stereocenters. The first kappa shape index (κ1) is 15.1. The van der Waals surface area contributed by atoms with Gasteiger partial charge in [-0.2, -0.15) is 5.10 Å². The molecule has 1 N–H and O–H groups in total. The minimum absolute atomic E-state index is 0.137. The van der Waals surface area contributed by atoms with Crippen molar-refractivity contribution >= 4 is 0 Å². The smallest absolute Gasteiger partial charge is 0.131 e. The highest BCUT2D eigenvalue weighted by Crippen LogP contribution is 2.33. The van der Waals surface area contributed by atoms with Crippen LogP contribution in [-0.4, -0.2) is 32.9 Å². The largest absolute Gasteiger partial charge is 0.387 e. The van der Waals surface area contributed by atoms with E-state index in [4.69, 9.17) is 0 Å². The van der Waals surface area contributed by atoms with Crippen molar-refractivity contribution in [3.8, 4) is 0 Å². The average molecular weight is 307 g/mol. The molecular weight excluding hydrogens is 288 g/mol. The first-order chi connectivity index (χ1) is 10.5. The van der Waals surface area contributed by atoms with E-state index in [0.29, 0.717) is 6.54 Å². The fourth-order valence-electron chi connectivity index (χ4n) is 3.13. The third-order valence-electron chi connectivity index (χ3n) is 4.20. The van der Waals surface area contributed by atoms with E-state index in [2.05, 4.69) is 10.00 Å². The molecule has 0 unspecified atom stereocenters. The third kappa shape index (κ3) is 3.03. The zero-order valence-electron chi connectivity index (χ0n) is 12.4. The fraction of sp³-hybridized carbons (Fsp3) is 0.438. The molecule has 0 saturated carbocycles. The number of likely N-dealkylation sites (tertiary alicyclic amines) is 1. The van der Waals surface area contributed by atoms with Gasteiger partial charge in [-0.3, -0.25) is 9.58 Å². The molecule has 1 saturated heterocycles. The molecule has 1 aliphatic rings. The van der Waals surface area contributed by atoms with Crippen molar-refractivity contribution in [1.82, 2.24) is 14.7 Å². The summed E-state index contributed by atoms with van der Waals surface area (Å²) in [4.78, 5) is 2.13. The molecule has 1 aliphatic heterocycles. The highest BCUT2D eigenvalue weighted by molar-refractivity contribution is 5.21. The number of rotatable bonds is 4. The van der Waals surface area contributed by atoms with Crippen molar-refractivity contribution in [1.29, 1.82) is 0 Å². The Labute approximate surface area is 128 Å². The van der Waals surface area contributed by atoms with E-state index in [1.54, 1.807) is 4.68 Å². The quantitative estimate of drug-likeness (QED) is 0.944. The van der Waals surface area contributed by atoms with Crippen molar-refractivity contribution in [2.45, 2.75) is 25.0 Å². The van der Waals surface area contributed by atoms with Crippen LogP contribution >= 0.6 is 0 Å². The number of halogens is 2.